The summed E-state index contributed by atoms with van der Waals surface area (Å²) in [6.45, 7) is 9.36. The minimum absolute atomic E-state index is 0.155. The first-order valence-electron chi connectivity index (χ1n) is 8.61. The van der Waals surface area contributed by atoms with E-state index in [1.807, 2.05) is 15.8 Å². The van der Waals surface area contributed by atoms with Crippen molar-refractivity contribution in [3.8, 4) is 0 Å². The van der Waals surface area contributed by atoms with E-state index in [1.54, 1.807) is 6.92 Å². The summed E-state index contributed by atoms with van der Waals surface area (Å²) >= 11 is 0. The molecule has 1 aromatic heterocycles. The Morgan fingerprint density at radius 1 is 1.52 bits per heavy atom. The maximum atomic E-state index is 11.7. The van der Waals surface area contributed by atoms with Crippen molar-refractivity contribution in [1.29, 1.82) is 0 Å². The van der Waals surface area contributed by atoms with Crippen LogP contribution in [0.25, 0.3) is 0 Å². The zero-order chi connectivity index (χ0) is 16.6. The zero-order valence-corrected chi connectivity index (χ0v) is 14.4. The van der Waals surface area contributed by atoms with Crippen molar-refractivity contribution in [3.05, 3.63) is 18.0 Å². The van der Waals surface area contributed by atoms with Gasteiger partial charge in [0, 0.05) is 56.4 Å². The van der Waals surface area contributed by atoms with Crippen molar-refractivity contribution in [2.24, 2.45) is 5.92 Å². The van der Waals surface area contributed by atoms with E-state index in [4.69, 9.17) is 0 Å². The monoisotopic (exact) mass is 320 g/mol. The fourth-order valence-electron chi connectivity index (χ4n) is 4.32. The molecule has 6 nitrogen and oxygen atoms in total. The molecule has 0 radical (unpaired) electrons. The van der Waals surface area contributed by atoms with Crippen molar-refractivity contribution in [3.63, 3.8) is 0 Å². The van der Waals surface area contributed by atoms with Gasteiger partial charge in [0.05, 0.1) is 12.8 Å². The van der Waals surface area contributed by atoms with Gasteiger partial charge in [-0.15, -0.1) is 0 Å². The molecule has 128 valence electrons. The van der Waals surface area contributed by atoms with Gasteiger partial charge in [-0.25, -0.2) is 0 Å². The van der Waals surface area contributed by atoms with Gasteiger partial charge in [0.2, 0.25) is 5.91 Å². The lowest BCUT2D eigenvalue weighted by Gasteiger charge is -2.40. The van der Waals surface area contributed by atoms with E-state index in [9.17, 15) is 9.90 Å². The molecule has 3 atom stereocenters. The first-order valence-corrected chi connectivity index (χ1v) is 8.61. The highest BCUT2D eigenvalue weighted by atomic mass is 16.3. The molecule has 6 heteroatoms. The molecule has 2 aliphatic heterocycles. The predicted molar refractivity (Wildman–Crippen MR) is 87.7 cm³/mol. The van der Waals surface area contributed by atoms with E-state index in [0.29, 0.717) is 12.0 Å². The molecule has 2 fully saturated rings. The number of nitrogens with zero attached hydrogens (tertiary/aromatic N) is 4. The number of rotatable bonds is 4. The standard InChI is InChI=1S/C17H28N4O2/c1-4-20-9-14(8-18-20)10-21-16-5-6-19(13(2)23)11-15(16)7-17(21,3)12-22/h8-9,15-16,22H,4-7,10-12H2,1-3H3/t15-,16-,17+/m0/s1. The van der Waals surface area contributed by atoms with Gasteiger partial charge in [-0.3, -0.25) is 14.4 Å². The molecule has 1 N–H and O–H groups in total. The number of carbonyl (C=O) groups excluding carboxylic acids is 1. The minimum atomic E-state index is -0.212. The Hall–Kier alpha value is -1.40. The fourth-order valence-corrected chi connectivity index (χ4v) is 4.32. The second-order valence-corrected chi connectivity index (χ2v) is 7.27. The first-order chi connectivity index (χ1) is 11.0. The highest BCUT2D eigenvalue weighted by molar-refractivity contribution is 5.73. The summed E-state index contributed by atoms with van der Waals surface area (Å²) < 4.78 is 1.94. The Balaban J connectivity index is 1.78. The maximum Gasteiger partial charge on any atom is 0.219 e. The highest BCUT2D eigenvalue weighted by Crippen LogP contribution is 2.42. The third-order valence-corrected chi connectivity index (χ3v) is 5.64. The number of hydrogen-bond donors (Lipinski definition) is 1. The molecule has 3 rings (SSSR count). The molecule has 1 amide bonds. The third-order valence-electron chi connectivity index (χ3n) is 5.64. The summed E-state index contributed by atoms with van der Waals surface area (Å²) in [5, 5.41) is 14.4. The van der Waals surface area contributed by atoms with Crippen LogP contribution in [0.2, 0.25) is 0 Å². The van der Waals surface area contributed by atoms with Crippen LogP contribution in [0.15, 0.2) is 12.4 Å². The van der Waals surface area contributed by atoms with Crippen molar-refractivity contribution in [2.75, 3.05) is 19.7 Å². The number of aryl methyl sites for hydroxylation is 1. The number of aliphatic hydroxyl groups excluding tert-OH is 1. The summed E-state index contributed by atoms with van der Waals surface area (Å²) in [4.78, 5) is 16.1. The molecule has 1 aromatic rings. The van der Waals surface area contributed by atoms with E-state index >= 15 is 0 Å². The number of likely N-dealkylation sites (tertiary alicyclic amines) is 2. The van der Waals surface area contributed by atoms with Crippen LogP contribution in [0.4, 0.5) is 0 Å². The normalized spacial score (nSPS) is 31.4. The van der Waals surface area contributed by atoms with Crippen LogP contribution in [0.1, 0.15) is 39.2 Å². The minimum Gasteiger partial charge on any atom is -0.394 e. The van der Waals surface area contributed by atoms with Gasteiger partial charge in [0.25, 0.3) is 0 Å². The average Bonchev–Trinajstić information content (AvgIpc) is 3.10. The molecular weight excluding hydrogens is 292 g/mol. The Morgan fingerprint density at radius 2 is 2.30 bits per heavy atom. The fraction of sp³-hybridized carbons (Fsp3) is 0.765. The molecule has 0 unspecified atom stereocenters. The lowest BCUT2D eigenvalue weighted by molar-refractivity contribution is -0.131. The second-order valence-electron chi connectivity index (χ2n) is 7.27. The van der Waals surface area contributed by atoms with E-state index in [1.165, 1.54) is 5.56 Å². The largest absolute Gasteiger partial charge is 0.394 e. The Kier molecular flexibility index (Phi) is 4.47. The summed E-state index contributed by atoms with van der Waals surface area (Å²) in [7, 11) is 0. The smallest absolute Gasteiger partial charge is 0.219 e. The molecular formula is C17H28N4O2. The average molecular weight is 320 g/mol. The van der Waals surface area contributed by atoms with E-state index in [2.05, 4.69) is 30.0 Å². The zero-order valence-electron chi connectivity index (χ0n) is 14.4. The second kappa shape index (κ2) is 6.24. The molecule has 0 bridgehead atoms. The lowest BCUT2D eigenvalue weighted by atomic mass is 9.89. The van der Waals surface area contributed by atoms with E-state index in [0.717, 1.165) is 39.0 Å². The number of amides is 1. The van der Waals surface area contributed by atoms with Crippen molar-refractivity contribution in [1.82, 2.24) is 19.6 Å². The molecule has 0 spiro atoms. The van der Waals surface area contributed by atoms with E-state index < -0.39 is 0 Å². The van der Waals surface area contributed by atoms with Gasteiger partial charge >= 0.3 is 0 Å². The summed E-state index contributed by atoms with van der Waals surface area (Å²) in [5.74, 6) is 0.614. The Labute approximate surface area is 138 Å². The molecule has 3 heterocycles. The lowest BCUT2D eigenvalue weighted by Crippen LogP contribution is -2.50. The third kappa shape index (κ3) is 3.02. The Bertz CT molecular complexity index is 573. The highest BCUT2D eigenvalue weighted by Gasteiger charge is 2.50. The molecule has 2 aliphatic rings. The molecule has 23 heavy (non-hydrogen) atoms. The van der Waals surface area contributed by atoms with E-state index in [-0.39, 0.29) is 18.1 Å². The van der Waals surface area contributed by atoms with Crippen molar-refractivity contribution >= 4 is 5.91 Å². The molecule has 0 aliphatic carbocycles. The van der Waals surface area contributed by atoms with Gasteiger partial charge < -0.3 is 10.0 Å². The van der Waals surface area contributed by atoms with Crippen molar-refractivity contribution in [2.45, 2.75) is 58.3 Å². The number of carbonyl (C=O) groups is 1. The summed E-state index contributed by atoms with van der Waals surface area (Å²) in [5.41, 5.74) is 0.984. The number of aliphatic hydroxyl groups is 1. The molecule has 0 aromatic carbocycles. The summed E-state index contributed by atoms with van der Waals surface area (Å²) in [6, 6.07) is 0.438. The van der Waals surface area contributed by atoms with Gasteiger partial charge in [-0.05, 0) is 32.6 Å². The number of fused-ring (bicyclic) bond motifs is 1. The van der Waals surface area contributed by atoms with Crippen LogP contribution < -0.4 is 0 Å². The van der Waals surface area contributed by atoms with Gasteiger partial charge in [-0.2, -0.15) is 5.10 Å². The summed E-state index contributed by atoms with van der Waals surface area (Å²) in [6.07, 6.45) is 5.96. The Morgan fingerprint density at radius 3 is 2.91 bits per heavy atom. The van der Waals surface area contributed by atoms with Gasteiger partial charge in [-0.1, -0.05) is 0 Å². The van der Waals surface area contributed by atoms with Gasteiger partial charge in [0.1, 0.15) is 0 Å². The van der Waals surface area contributed by atoms with Crippen LogP contribution in [0.5, 0.6) is 0 Å². The number of aromatic nitrogens is 2. The quantitative estimate of drug-likeness (QED) is 0.902. The topological polar surface area (TPSA) is 61.6 Å². The SMILES string of the molecule is CCn1cc(CN2[C@H]3CCN(C(C)=O)C[C@@H]3C[C@]2(C)CO)cn1. The van der Waals surface area contributed by atoms with Crippen LogP contribution in [-0.2, 0) is 17.9 Å². The van der Waals surface area contributed by atoms with Crippen LogP contribution >= 0.6 is 0 Å². The maximum absolute atomic E-state index is 11.7. The van der Waals surface area contributed by atoms with Gasteiger partial charge in [0.15, 0.2) is 0 Å². The molecule has 0 saturated carbocycles. The van der Waals surface area contributed by atoms with Crippen LogP contribution in [-0.4, -0.2) is 61.9 Å². The van der Waals surface area contributed by atoms with Crippen LogP contribution in [0.3, 0.4) is 0 Å². The first kappa shape index (κ1) is 16.5. The number of hydrogen-bond acceptors (Lipinski definition) is 4. The van der Waals surface area contributed by atoms with Crippen LogP contribution in [0, 0.1) is 5.92 Å². The molecule has 2 saturated heterocycles. The predicted octanol–water partition coefficient (Wildman–Crippen LogP) is 1.10. The number of piperidine rings is 1. The van der Waals surface area contributed by atoms with Crippen molar-refractivity contribution < 1.29 is 9.90 Å².